The Kier molecular flexibility index (Phi) is 9.33. The summed E-state index contributed by atoms with van der Waals surface area (Å²) in [5.74, 6) is 0.339. The molecule has 1 aliphatic rings. The van der Waals surface area contributed by atoms with Crippen molar-refractivity contribution >= 4 is 23.0 Å². The summed E-state index contributed by atoms with van der Waals surface area (Å²) in [7, 11) is 0. The fourth-order valence-electron chi connectivity index (χ4n) is 2.86. The van der Waals surface area contributed by atoms with E-state index in [4.69, 9.17) is 10.7 Å². The highest BCUT2D eigenvalue weighted by molar-refractivity contribution is 6.06. The van der Waals surface area contributed by atoms with Gasteiger partial charge in [-0.25, -0.2) is 0 Å². The summed E-state index contributed by atoms with van der Waals surface area (Å²) in [4.78, 5) is 17.2. The number of unbranched alkanes of at least 4 members (excludes halogenated alkanes) is 1. The number of nitrogens with one attached hydrogen (secondary N) is 1. The highest BCUT2D eigenvalue weighted by Gasteiger charge is 2.24. The Morgan fingerprint density at radius 1 is 1.27 bits per heavy atom. The molecule has 2 rings (SSSR count). The monoisotopic (exact) mass is 405 g/mol. The van der Waals surface area contributed by atoms with Crippen molar-refractivity contribution in [3.8, 4) is 0 Å². The molecule has 0 saturated heterocycles. The van der Waals surface area contributed by atoms with Crippen LogP contribution in [0.3, 0.4) is 0 Å². The lowest BCUT2D eigenvalue weighted by Crippen LogP contribution is -2.14. The molecule has 3 N–H and O–H groups in total. The zero-order valence-electron chi connectivity index (χ0n) is 18.6. The normalized spacial score (nSPS) is 15.5. The van der Waals surface area contributed by atoms with Gasteiger partial charge in [0.15, 0.2) is 0 Å². The number of amides is 1. The van der Waals surface area contributed by atoms with Gasteiger partial charge in [-0.1, -0.05) is 45.1 Å². The number of carbonyl (C=O) groups is 1. The first-order valence-electron chi connectivity index (χ1n) is 10.9. The quantitative estimate of drug-likeness (QED) is 0.247. The highest BCUT2D eigenvalue weighted by atomic mass is 16.1. The summed E-state index contributed by atoms with van der Waals surface area (Å²) in [5, 5.41) is 2.90. The molecule has 160 valence electrons. The average molecular weight is 406 g/mol. The van der Waals surface area contributed by atoms with Gasteiger partial charge >= 0.3 is 0 Å². The van der Waals surface area contributed by atoms with Crippen molar-refractivity contribution in [2.45, 2.75) is 59.3 Å². The van der Waals surface area contributed by atoms with Crippen LogP contribution in [0.25, 0.3) is 0 Å². The third-order valence-corrected chi connectivity index (χ3v) is 5.03. The van der Waals surface area contributed by atoms with Crippen LogP contribution in [-0.2, 0) is 4.79 Å². The van der Waals surface area contributed by atoms with Crippen LogP contribution in [0, 0.1) is 5.92 Å². The van der Waals surface area contributed by atoms with Crippen LogP contribution in [0.4, 0.5) is 11.4 Å². The summed E-state index contributed by atoms with van der Waals surface area (Å²) in [6, 6.07) is 7.56. The maximum atomic E-state index is 12.4. The van der Waals surface area contributed by atoms with Crippen molar-refractivity contribution in [2.75, 3.05) is 5.32 Å². The number of hydrogen-bond donors (Lipinski definition) is 2. The molecule has 4 nitrogen and oxygen atoms in total. The molecule has 0 unspecified atom stereocenters. The van der Waals surface area contributed by atoms with E-state index >= 15 is 0 Å². The number of aliphatic imine (C=N–C) groups is 1. The fraction of sp³-hybridized carbons (Fsp3) is 0.385. The molecular weight excluding hydrogens is 370 g/mol. The maximum absolute atomic E-state index is 12.4. The minimum absolute atomic E-state index is 0.200. The molecule has 1 saturated carbocycles. The smallest absolute Gasteiger partial charge is 0.255 e. The minimum atomic E-state index is -0.200. The molecule has 0 radical (unpaired) electrons. The summed E-state index contributed by atoms with van der Waals surface area (Å²) in [5.41, 5.74) is 11.0. The molecule has 1 aromatic rings. The van der Waals surface area contributed by atoms with E-state index in [1.165, 1.54) is 12.8 Å². The molecule has 0 atom stereocenters. The van der Waals surface area contributed by atoms with Crippen molar-refractivity contribution in [3.63, 3.8) is 0 Å². The molecule has 1 fully saturated rings. The summed E-state index contributed by atoms with van der Waals surface area (Å²) in [6.45, 7) is 10.0. The van der Waals surface area contributed by atoms with Crippen LogP contribution < -0.4 is 11.1 Å². The number of carbonyl (C=O) groups excluding carboxylic acids is 1. The molecule has 1 aliphatic carbocycles. The third-order valence-electron chi connectivity index (χ3n) is 5.03. The lowest BCUT2D eigenvalue weighted by atomic mass is 10.1. The van der Waals surface area contributed by atoms with Crippen LogP contribution in [-0.4, -0.2) is 11.6 Å². The van der Waals surface area contributed by atoms with Gasteiger partial charge in [0.2, 0.25) is 0 Å². The Hall–Kier alpha value is -2.88. The lowest BCUT2D eigenvalue weighted by molar-refractivity contribution is -0.112. The second-order valence-electron chi connectivity index (χ2n) is 7.79. The van der Waals surface area contributed by atoms with Gasteiger partial charge in [0, 0.05) is 22.7 Å². The topological polar surface area (TPSA) is 67.5 Å². The van der Waals surface area contributed by atoms with Crippen LogP contribution in [0.5, 0.6) is 0 Å². The summed E-state index contributed by atoms with van der Waals surface area (Å²) >= 11 is 0. The van der Waals surface area contributed by atoms with Crippen molar-refractivity contribution < 1.29 is 4.79 Å². The number of rotatable bonds is 11. The molecule has 4 heteroatoms. The number of hydrogen-bond acceptors (Lipinski definition) is 3. The molecule has 0 aliphatic heterocycles. The minimum Gasteiger partial charge on any atom is -0.402 e. The van der Waals surface area contributed by atoms with Crippen LogP contribution >= 0.6 is 0 Å². The van der Waals surface area contributed by atoms with E-state index in [0.29, 0.717) is 11.5 Å². The summed E-state index contributed by atoms with van der Waals surface area (Å²) < 4.78 is 0. The Balaban J connectivity index is 2.05. The molecule has 0 heterocycles. The van der Waals surface area contributed by atoms with Gasteiger partial charge in [0.05, 0.1) is 5.69 Å². The molecule has 0 aromatic heterocycles. The number of nitrogens with zero attached hydrogens (tertiary/aromatic N) is 1. The predicted molar refractivity (Wildman–Crippen MR) is 129 cm³/mol. The zero-order chi connectivity index (χ0) is 21.9. The first-order chi connectivity index (χ1) is 14.4. The lowest BCUT2D eigenvalue weighted by Gasteiger charge is -2.09. The Morgan fingerprint density at radius 2 is 1.97 bits per heavy atom. The van der Waals surface area contributed by atoms with Gasteiger partial charge in [-0.05, 0) is 80.9 Å². The van der Waals surface area contributed by atoms with Crippen LogP contribution in [0.15, 0.2) is 77.0 Å². The van der Waals surface area contributed by atoms with Gasteiger partial charge in [-0.15, -0.1) is 0 Å². The molecular formula is C26H35N3O. The van der Waals surface area contributed by atoms with E-state index in [-0.39, 0.29) is 5.91 Å². The van der Waals surface area contributed by atoms with Gasteiger partial charge in [0.25, 0.3) is 5.91 Å². The van der Waals surface area contributed by atoms with Crippen LogP contribution in [0.2, 0.25) is 0 Å². The average Bonchev–Trinajstić information content (AvgIpc) is 3.58. The van der Waals surface area contributed by atoms with E-state index in [0.717, 1.165) is 54.0 Å². The SMILES string of the molecule is C=C(C(=O)Nc1ccc(N=C(C=C(N)C2CC2)CCCC)cc1)/C(C)=C\C=CCC. The van der Waals surface area contributed by atoms with E-state index in [1.54, 1.807) is 0 Å². The van der Waals surface area contributed by atoms with Crippen molar-refractivity contribution in [1.29, 1.82) is 0 Å². The van der Waals surface area contributed by atoms with Crippen molar-refractivity contribution in [3.05, 3.63) is 72.0 Å². The number of allylic oxidation sites excluding steroid dienone is 5. The van der Waals surface area contributed by atoms with Gasteiger partial charge in [0.1, 0.15) is 0 Å². The second-order valence-corrected chi connectivity index (χ2v) is 7.79. The molecule has 0 bridgehead atoms. The van der Waals surface area contributed by atoms with E-state index < -0.39 is 0 Å². The highest BCUT2D eigenvalue weighted by Crippen LogP contribution is 2.34. The first-order valence-corrected chi connectivity index (χ1v) is 10.9. The van der Waals surface area contributed by atoms with Gasteiger partial charge in [-0.3, -0.25) is 9.79 Å². The molecule has 1 aromatic carbocycles. The Bertz CT molecular complexity index is 853. The number of anilines is 1. The largest absolute Gasteiger partial charge is 0.402 e. The fourth-order valence-corrected chi connectivity index (χ4v) is 2.86. The molecule has 30 heavy (non-hydrogen) atoms. The van der Waals surface area contributed by atoms with E-state index in [2.05, 4.69) is 31.8 Å². The third kappa shape index (κ3) is 7.86. The predicted octanol–water partition coefficient (Wildman–Crippen LogP) is 6.61. The Morgan fingerprint density at radius 3 is 2.57 bits per heavy atom. The zero-order valence-corrected chi connectivity index (χ0v) is 18.6. The Labute approximate surface area is 181 Å². The molecule has 1 amide bonds. The standard InChI is InChI=1S/C26H35N3O/c1-5-7-9-10-19(3)20(4)26(30)29-23-16-14-22(15-17-23)28-24(11-8-6-2)18-25(27)21-12-13-21/h7,9-10,14-18,21H,4-6,8,11-13,27H2,1-3H3,(H,29,30)/b9-7?,19-10-,25-18?,28-24?. The molecule has 0 spiro atoms. The van der Waals surface area contributed by atoms with Crippen LogP contribution in [0.1, 0.15) is 59.3 Å². The number of nitrogens with two attached hydrogens (primary N) is 1. The number of benzene rings is 1. The van der Waals surface area contributed by atoms with Crippen molar-refractivity contribution in [2.24, 2.45) is 16.6 Å². The van der Waals surface area contributed by atoms with Crippen molar-refractivity contribution in [1.82, 2.24) is 0 Å². The van der Waals surface area contributed by atoms with Gasteiger partial charge < -0.3 is 11.1 Å². The van der Waals surface area contributed by atoms with Gasteiger partial charge in [-0.2, -0.15) is 0 Å². The van der Waals surface area contributed by atoms with E-state index in [9.17, 15) is 4.79 Å². The van der Waals surface area contributed by atoms with E-state index in [1.807, 2.05) is 49.4 Å². The maximum Gasteiger partial charge on any atom is 0.255 e. The first kappa shape index (κ1) is 23.4. The summed E-state index contributed by atoms with van der Waals surface area (Å²) in [6.07, 6.45) is 14.4. The second kappa shape index (κ2) is 12.0.